The molecule has 142 heavy (non-hydrogen) atoms. The van der Waals surface area contributed by atoms with E-state index in [2.05, 4.69) is 60.7 Å². The predicted octanol–water partition coefficient (Wildman–Crippen LogP) is 37.8. The first kappa shape index (κ1) is 87.9. The van der Waals surface area contributed by atoms with Crippen LogP contribution in [0.25, 0.3) is 154 Å². The topological polar surface area (TPSA) is 13.0 Å². The van der Waals surface area contributed by atoms with Crippen LogP contribution in [0.5, 0.6) is 0 Å². The van der Waals surface area contributed by atoms with Crippen LogP contribution in [-0.2, 0) is 0 Å². The van der Waals surface area contributed by atoms with Crippen LogP contribution in [0.1, 0.15) is 0 Å². The van der Waals surface area contributed by atoms with Gasteiger partial charge in [0.2, 0.25) is 0 Å². The molecule has 0 aromatic heterocycles. The number of para-hydroxylation sites is 2. The summed E-state index contributed by atoms with van der Waals surface area (Å²) in [4.78, 5) is 7.51. The third-order valence-corrected chi connectivity index (χ3v) is 26.5. The summed E-state index contributed by atoms with van der Waals surface area (Å²) in [6, 6.07) is 142. The van der Waals surface area contributed by atoms with Gasteiger partial charge in [-0.1, -0.05) is 267 Å². The van der Waals surface area contributed by atoms with Gasteiger partial charge < -0.3 is 19.6 Å². The molecule has 0 aliphatic heterocycles. The number of halogens is 10. The lowest BCUT2D eigenvalue weighted by Crippen LogP contribution is -2.14. The lowest BCUT2D eigenvalue weighted by molar-refractivity contribution is 0.583. The molecule has 24 aromatic carbocycles. The van der Waals surface area contributed by atoms with Gasteiger partial charge in [-0.25, -0.2) is 43.9 Å². The minimum absolute atomic E-state index is 0.0932. The Kier molecular flexibility index (Phi) is 22.9. The maximum absolute atomic E-state index is 16.6. The molecule has 0 radical (unpaired) electrons. The van der Waals surface area contributed by atoms with Gasteiger partial charge in [0.25, 0.3) is 0 Å². The maximum Gasteiger partial charge on any atom is 0.150 e. The van der Waals surface area contributed by atoms with Crippen molar-refractivity contribution in [3.05, 3.63) is 531 Å². The van der Waals surface area contributed by atoms with E-state index in [0.29, 0.717) is 45.5 Å². The van der Waals surface area contributed by atoms with Crippen molar-refractivity contribution in [2.45, 2.75) is 0 Å². The zero-order valence-corrected chi connectivity index (χ0v) is 75.6. The molecule has 24 rings (SSSR count). The molecule has 14 heteroatoms. The van der Waals surface area contributed by atoms with Crippen LogP contribution in [0, 0.1) is 58.2 Å². The standard InChI is InChI=1S/C64H38F6N2.C64H40F4N2/c65-49-19-11-41(12-20-49)47-31-45(39-7-3-1-4-8-39)33-53(35-47)71(61-29-23-51(67)37-57(61)69)59-27-17-43-16-26-56-60(28-18-44-15-25-55(59)63(43)64(44)56)72(62-30-24-52(68)38-58(62)70)54-34-46(40-9-5-2-6-10-40)32-48(36-54)42-13-21-50(66)22-14-42;65-51-27-19-43(20-28-51)49-35-47(41-11-3-1-4-12-41)37-53(39-49)69(61-17-9-7-15-57(61)67)59-33-25-45-24-32-56-60(34-26-46-23-31-55(59)63(45)64(46)56)70(62-18-10-8-16-58(62)68)54-38-48(42-13-5-2-6-14-42)36-50(40-54)44-21-29-52(66)30-22-44/h1-38H;1-40H. The first-order valence-corrected chi connectivity index (χ1v) is 46.3. The fourth-order valence-electron chi connectivity index (χ4n) is 19.9. The SMILES string of the molecule is Fc1ccc(-c2cc(-c3ccccc3)cc(N(c3ccc(F)cc3F)c3ccc4ccc5c(N(c6cc(-c7ccccc7)cc(-c7ccc(F)cc7)c6)c6ccc(F)cc6F)ccc6ccc3c4c65)c2)cc1.Fc1ccc(-c2cc(-c3ccccc3)cc(N(c3ccccc3F)c3ccc4ccc5c(N(c6cc(-c7ccccc7)cc(-c7ccc(F)cc7)c6)c6ccccc6F)ccc6ccc3c4c65)c2)cc1. The monoisotopic (exact) mass is 1860 g/mol. The van der Waals surface area contributed by atoms with Gasteiger partial charge in [-0.05, 0) is 326 Å². The molecule has 0 unspecified atom stereocenters. The zero-order valence-electron chi connectivity index (χ0n) is 75.6. The van der Waals surface area contributed by atoms with Gasteiger partial charge >= 0.3 is 0 Å². The fourth-order valence-corrected chi connectivity index (χ4v) is 19.9. The fraction of sp³-hybridized carbons (Fsp3) is 0. The number of anilines is 12. The van der Waals surface area contributed by atoms with Crippen molar-refractivity contribution in [3.63, 3.8) is 0 Å². The summed E-state index contributed by atoms with van der Waals surface area (Å²) in [7, 11) is 0. The van der Waals surface area contributed by atoms with Crippen LogP contribution < -0.4 is 19.6 Å². The van der Waals surface area contributed by atoms with Crippen molar-refractivity contribution in [1.82, 2.24) is 0 Å². The highest BCUT2D eigenvalue weighted by molar-refractivity contribution is 6.30. The van der Waals surface area contributed by atoms with E-state index >= 15 is 17.6 Å². The molecule has 0 N–H and O–H groups in total. The molecule has 0 aliphatic rings. The van der Waals surface area contributed by atoms with Crippen molar-refractivity contribution in [1.29, 1.82) is 0 Å². The highest BCUT2D eigenvalue weighted by atomic mass is 19.2. The van der Waals surface area contributed by atoms with E-state index in [4.69, 9.17) is 0 Å². The van der Waals surface area contributed by atoms with Gasteiger partial charge in [-0.3, -0.25) is 0 Å². The Morgan fingerprint density at radius 3 is 0.521 bits per heavy atom. The lowest BCUT2D eigenvalue weighted by Gasteiger charge is -2.30. The Morgan fingerprint density at radius 1 is 0.120 bits per heavy atom. The average Bonchev–Trinajstić information content (AvgIpc) is 0.714. The number of rotatable bonds is 20. The van der Waals surface area contributed by atoms with Gasteiger partial charge in [-0.2, -0.15) is 0 Å². The quantitative estimate of drug-likeness (QED) is 0.0557. The van der Waals surface area contributed by atoms with Gasteiger partial charge in [-0.15, -0.1) is 0 Å². The van der Waals surface area contributed by atoms with E-state index < -0.39 is 34.9 Å². The molecule has 0 aliphatic carbocycles. The van der Waals surface area contributed by atoms with Crippen molar-refractivity contribution >= 4 is 133 Å². The van der Waals surface area contributed by atoms with Crippen LogP contribution in [0.4, 0.5) is 112 Å². The van der Waals surface area contributed by atoms with Crippen molar-refractivity contribution in [2.75, 3.05) is 19.6 Å². The Bertz CT molecular complexity index is 8390. The molecule has 0 heterocycles. The Balaban J connectivity index is 0.000000158. The summed E-state index contributed by atoms with van der Waals surface area (Å²) in [6.07, 6.45) is 0. The first-order valence-electron chi connectivity index (χ1n) is 46.3. The predicted molar refractivity (Wildman–Crippen MR) is 562 cm³/mol. The van der Waals surface area contributed by atoms with Crippen LogP contribution in [0.15, 0.2) is 473 Å². The largest absolute Gasteiger partial charge is 0.307 e. The van der Waals surface area contributed by atoms with Crippen LogP contribution in [0.3, 0.4) is 0 Å². The molecule has 0 saturated heterocycles. The molecule has 680 valence electrons. The average molecular weight is 1860 g/mol. The highest BCUT2D eigenvalue weighted by Gasteiger charge is 2.31. The molecule has 0 atom stereocenters. The Labute approximate surface area is 811 Å². The molecule has 0 bridgehead atoms. The van der Waals surface area contributed by atoms with Gasteiger partial charge in [0.15, 0.2) is 0 Å². The molecule has 0 amide bonds. The van der Waals surface area contributed by atoms with E-state index in [1.54, 1.807) is 82.6 Å². The molecular weight excluding hydrogens is 1780 g/mol. The summed E-state index contributed by atoms with van der Waals surface area (Å²) >= 11 is 0. The number of hydrogen-bond donors (Lipinski definition) is 0. The third kappa shape index (κ3) is 16.8. The second-order valence-corrected chi connectivity index (χ2v) is 35.2. The molecule has 24 aromatic rings. The van der Waals surface area contributed by atoms with E-state index in [9.17, 15) is 26.3 Å². The Morgan fingerprint density at radius 2 is 0.303 bits per heavy atom. The number of hydrogen-bond acceptors (Lipinski definition) is 4. The van der Waals surface area contributed by atoms with Gasteiger partial charge in [0.1, 0.15) is 58.2 Å². The van der Waals surface area contributed by atoms with Gasteiger partial charge in [0, 0.05) is 56.4 Å². The summed E-state index contributed by atoms with van der Waals surface area (Å²) in [5.74, 6) is -5.27. The summed E-state index contributed by atoms with van der Waals surface area (Å²) in [6.45, 7) is 0. The van der Waals surface area contributed by atoms with Crippen LogP contribution in [0.2, 0.25) is 0 Å². The molecule has 0 spiro atoms. The second kappa shape index (κ2) is 37.1. The minimum Gasteiger partial charge on any atom is -0.307 e. The van der Waals surface area contributed by atoms with E-state index in [1.807, 2.05) is 252 Å². The van der Waals surface area contributed by atoms with E-state index in [1.165, 1.54) is 84.9 Å². The van der Waals surface area contributed by atoms with Gasteiger partial charge in [0.05, 0.1) is 45.5 Å². The highest BCUT2D eigenvalue weighted by Crippen LogP contribution is 2.54. The third-order valence-electron chi connectivity index (χ3n) is 26.5. The number of nitrogens with zero attached hydrogens (tertiary/aromatic N) is 4. The minimum atomic E-state index is -0.786. The summed E-state index contributed by atoms with van der Waals surface area (Å²) < 4.78 is 153. The zero-order chi connectivity index (χ0) is 96.3. The van der Waals surface area contributed by atoms with Crippen molar-refractivity contribution in [3.8, 4) is 89.0 Å². The molecular formula is C128H78F10N4. The van der Waals surface area contributed by atoms with Crippen LogP contribution in [-0.4, -0.2) is 0 Å². The maximum atomic E-state index is 16.6. The summed E-state index contributed by atoms with van der Waals surface area (Å²) in [5, 5.41) is 10.5. The normalized spacial score (nSPS) is 11.5. The number of benzene rings is 24. The summed E-state index contributed by atoms with van der Waals surface area (Å²) in [5.41, 5.74) is 19.6. The molecule has 0 fully saturated rings. The Hall–Kier alpha value is -18.1. The van der Waals surface area contributed by atoms with Crippen LogP contribution >= 0.6 is 0 Å². The smallest absolute Gasteiger partial charge is 0.150 e. The van der Waals surface area contributed by atoms with E-state index in [0.717, 1.165) is 177 Å². The second-order valence-electron chi connectivity index (χ2n) is 35.2. The lowest BCUT2D eigenvalue weighted by atomic mass is 9.91. The molecule has 0 saturated carbocycles. The first-order chi connectivity index (χ1) is 69.5. The van der Waals surface area contributed by atoms with Crippen molar-refractivity contribution < 1.29 is 43.9 Å². The van der Waals surface area contributed by atoms with Crippen molar-refractivity contribution in [2.24, 2.45) is 0 Å². The van der Waals surface area contributed by atoms with E-state index in [-0.39, 0.29) is 34.6 Å². The molecule has 4 nitrogen and oxygen atoms in total.